The predicted molar refractivity (Wildman–Crippen MR) is 78.9 cm³/mol. The molecule has 18 heavy (non-hydrogen) atoms. The van der Waals surface area contributed by atoms with Crippen LogP contribution in [0.3, 0.4) is 0 Å². The number of ether oxygens (including phenoxy) is 1. The second-order valence-corrected chi connectivity index (χ2v) is 7.00. The van der Waals surface area contributed by atoms with E-state index in [1.807, 2.05) is 0 Å². The van der Waals surface area contributed by atoms with E-state index in [0.717, 1.165) is 18.9 Å². The molecule has 0 radical (unpaired) electrons. The van der Waals surface area contributed by atoms with E-state index in [1.165, 1.54) is 32.1 Å². The summed E-state index contributed by atoms with van der Waals surface area (Å²) in [7, 11) is 1.80. The minimum atomic E-state index is 0.478. The Morgan fingerprint density at radius 3 is 2.44 bits per heavy atom. The Hall–Kier alpha value is -0.0800. The Morgan fingerprint density at radius 1 is 1.17 bits per heavy atom. The van der Waals surface area contributed by atoms with Gasteiger partial charge in [0.25, 0.3) is 0 Å². The van der Waals surface area contributed by atoms with Crippen molar-refractivity contribution in [2.75, 3.05) is 13.7 Å². The molecule has 0 aromatic heterocycles. The van der Waals surface area contributed by atoms with Crippen molar-refractivity contribution in [1.29, 1.82) is 0 Å². The van der Waals surface area contributed by atoms with E-state index in [0.29, 0.717) is 17.5 Å². The second-order valence-electron chi connectivity index (χ2n) is 7.00. The summed E-state index contributed by atoms with van der Waals surface area (Å²) in [6, 6.07) is 1.24. The fourth-order valence-electron chi connectivity index (χ4n) is 3.15. The SMILES string of the molecule is CCC(COC)NC1CCCC(C(C)(C)C)CC1. The van der Waals surface area contributed by atoms with Gasteiger partial charge >= 0.3 is 0 Å². The molecule has 0 aromatic rings. The van der Waals surface area contributed by atoms with Crippen LogP contribution < -0.4 is 5.32 Å². The maximum atomic E-state index is 5.28. The van der Waals surface area contributed by atoms with Gasteiger partial charge in [-0.2, -0.15) is 0 Å². The van der Waals surface area contributed by atoms with Crippen LogP contribution in [0.5, 0.6) is 0 Å². The number of rotatable bonds is 5. The minimum Gasteiger partial charge on any atom is -0.383 e. The Labute approximate surface area is 114 Å². The average molecular weight is 255 g/mol. The van der Waals surface area contributed by atoms with E-state index in [9.17, 15) is 0 Å². The maximum Gasteiger partial charge on any atom is 0.0615 e. The van der Waals surface area contributed by atoms with E-state index < -0.39 is 0 Å². The van der Waals surface area contributed by atoms with Crippen LogP contribution in [0.1, 0.15) is 66.2 Å². The molecule has 108 valence electrons. The molecule has 0 amide bonds. The summed E-state index contributed by atoms with van der Waals surface area (Å²) in [4.78, 5) is 0. The van der Waals surface area contributed by atoms with Gasteiger partial charge in [-0.05, 0) is 43.4 Å². The smallest absolute Gasteiger partial charge is 0.0615 e. The van der Waals surface area contributed by atoms with E-state index >= 15 is 0 Å². The summed E-state index contributed by atoms with van der Waals surface area (Å²) in [5, 5.41) is 3.79. The molecule has 0 aromatic carbocycles. The van der Waals surface area contributed by atoms with Crippen LogP contribution in [-0.2, 0) is 4.74 Å². The number of methoxy groups -OCH3 is 1. The summed E-state index contributed by atoms with van der Waals surface area (Å²) in [5.41, 5.74) is 0.478. The van der Waals surface area contributed by atoms with Crippen LogP contribution in [0.2, 0.25) is 0 Å². The van der Waals surface area contributed by atoms with Gasteiger partial charge in [0.1, 0.15) is 0 Å². The molecule has 1 N–H and O–H groups in total. The lowest BCUT2D eigenvalue weighted by molar-refractivity contribution is 0.155. The molecule has 2 heteroatoms. The molecule has 0 aliphatic heterocycles. The van der Waals surface area contributed by atoms with Crippen molar-refractivity contribution < 1.29 is 4.74 Å². The Kier molecular flexibility index (Phi) is 6.65. The molecule has 1 fully saturated rings. The van der Waals surface area contributed by atoms with Gasteiger partial charge in [0, 0.05) is 19.2 Å². The fourth-order valence-corrected chi connectivity index (χ4v) is 3.15. The van der Waals surface area contributed by atoms with Crippen molar-refractivity contribution in [2.24, 2.45) is 11.3 Å². The van der Waals surface area contributed by atoms with Crippen molar-refractivity contribution in [2.45, 2.75) is 78.3 Å². The van der Waals surface area contributed by atoms with Gasteiger partial charge in [-0.1, -0.05) is 34.1 Å². The van der Waals surface area contributed by atoms with E-state index in [4.69, 9.17) is 4.74 Å². The first-order valence-corrected chi connectivity index (χ1v) is 7.72. The van der Waals surface area contributed by atoms with Crippen LogP contribution >= 0.6 is 0 Å². The predicted octanol–water partition coefficient (Wildman–Crippen LogP) is 4.00. The third-order valence-corrected chi connectivity index (χ3v) is 4.53. The molecule has 0 spiro atoms. The highest BCUT2D eigenvalue weighted by molar-refractivity contribution is 4.82. The standard InChI is InChI=1S/C16H33NO/c1-6-14(12-18-5)17-15-9-7-8-13(10-11-15)16(2,3)4/h13-15,17H,6-12H2,1-5H3. The molecule has 1 aliphatic rings. The molecular formula is C16H33NO. The topological polar surface area (TPSA) is 21.3 Å². The van der Waals surface area contributed by atoms with Crippen molar-refractivity contribution in [3.8, 4) is 0 Å². The molecule has 2 nitrogen and oxygen atoms in total. The average Bonchev–Trinajstić information content (AvgIpc) is 2.53. The van der Waals surface area contributed by atoms with Gasteiger partial charge in [0.15, 0.2) is 0 Å². The van der Waals surface area contributed by atoms with Crippen LogP contribution in [-0.4, -0.2) is 25.8 Å². The minimum absolute atomic E-state index is 0.478. The molecule has 0 heterocycles. The zero-order valence-corrected chi connectivity index (χ0v) is 13.1. The molecule has 0 bridgehead atoms. The van der Waals surface area contributed by atoms with Gasteiger partial charge in [-0.25, -0.2) is 0 Å². The number of hydrogen-bond acceptors (Lipinski definition) is 2. The first kappa shape index (κ1) is 16.0. The van der Waals surface area contributed by atoms with E-state index in [-0.39, 0.29) is 0 Å². The lowest BCUT2D eigenvalue weighted by atomic mass is 9.76. The van der Waals surface area contributed by atoms with Crippen LogP contribution in [0.25, 0.3) is 0 Å². The number of hydrogen-bond donors (Lipinski definition) is 1. The monoisotopic (exact) mass is 255 g/mol. The van der Waals surface area contributed by atoms with Crippen molar-refractivity contribution in [1.82, 2.24) is 5.32 Å². The third-order valence-electron chi connectivity index (χ3n) is 4.53. The molecule has 3 atom stereocenters. The van der Waals surface area contributed by atoms with Gasteiger partial charge in [-0.15, -0.1) is 0 Å². The van der Waals surface area contributed by atoms with Gasteiger partial charge < -0.3 is 10.1 Å². The van der Waals surface area contributed by atoms with Gasteiger partial charge in [0.2, 0.25) is 0 Å². The maximum absolute atomic E-state index is 5.28. The van der Waals surface area contributed by atoms with E-state index in [2.05, 4.69) is 33.0 Å². The first-order chi connectivity index (χ1) is 8.47. The zero-order valence-electron chi connectivity index (χ0n) is 13.1. The Balaban J connectivity index is 2.41. The quantitative estimate of drug-likeness (QED) is 0.750. The highest BCUT2D eigenvalue weighted by Crippen LogP contribution is 2.36. The van der Waals surface area contributed by atoms with Crippen LogP contribution in [0.15, 0.2) is 0 Å². The fraction of sp³-hybridized carbons (Fsp3) is 1.00. The Morgan fingerprint density at radius 2 is 1.89 bits per heavy atom. The normalized spacial score (nSPS) is 27.8. The molecule has 0 saturated heterocycles. The molecule has 3 unspecified atom stereocenters. The van der Waals surface area contributed by atoms with Gasteiger partial charge in [0.05, 0.1) is 6.61 Å². The van der Waals surface area contributed by atoms with Crippen molar-refractivity contribution in [3.05, 3.63) is 0 Å². The molecule has 1 rings (SSSR count). The van der Waals surface area contributed by atoms with E-state index in [1.54, 1.807) is 7.11 Å². The second kappa shape index (κ2) is 7.49. The number of nitrogens with one attached hydrogen (secondary N) is 1. The zero-order chi connectivity index (χ0) is 13.6. The van der Waals surface area contributed by atoms with Crippen LogP contribution in [0, 0.1) is 11.3 Å². The van der Waals surface area contributed by atoms with Crippen molar-refractivity contribution >= 4 is 0 Å². The highest BCUT2D eigenvalue weighted by atomic mass is 16.5. The summed E-state index contributed by atoms with van der Waals surface area (Å²) >= 11 is 0. The summed E-state index contributed by atoms with van der Waals surface area (Å²) in [6.07, 6.45) is 8.00. The lowest BCUT2D eigenvalue weighted by Gasteiger charge is -2.30. The lowest BCUT2D eigenvalue weighted by Crippen LogP contribution is -2.40. The first-order valence-electron chi connectivity index (χ1n) is 7.72. The summed E-state index contributed by atoms with van der Waals surface area (Å²) in [6.45, 7) is 10.3. The van der Waals surface area contributed by atoms with Gasteiger partial charge in [-0.3, -0.25) is 0 Å². The van der Waals surface area contributed by atoms with Crippen molar-refractivity contribution in [3.63, 3.8) is 0 Å². The molecular weight excluding hydrogens is 222 g/mol. The largest absolute Gasteiger partial charge is 0.383 e. The molecule has 1 aliphatic carbocycles. The highest BCUT2D eigenvalue weighted by Gasteiger charge is 2.28. The Bertz CT molecular complexity index is 222. The summed E-state index contributed by atoms with van der Waals surface area (Å²) < 4.78 is 5.28. The molecule has 1 saturated carbocycles. The summed E-state index contributed by atoms with van der Waals surface area (Å²) in [5.74, 6) is 0.895. The van der Waals surface area contributed by atoms with Crippen LogP contribution in [0.4, 0.5) is 0 Å². The third kappa shape index (κ3) is 5.27.